The fraction of sp³-hybridized carbons (Fsp3) is 0.294. The minimum absolute atomic E-state index is 0.171. The van der Waals surface area contributed by atoms with Gasteiger partial charge in [0.2, 0.25) is 0 Å². The van der Waals surface area contributed by atoms with Gasteiger partial charge in [0.25, 0.3) is 0 Å². The molecule has 0 aliphatic carbocycles. The van der Waals surface area contributed by atoms with Crippen molar-refractivity contribution in [3.05, 3.63) is 60.2 Å². The third kappa shape index (κ3) is 4.08. The summed E-state index contributed by atoms with van der Waals surface area (Å²) in [6, 6.07) is 17.3. The SMILES string of the molecule is CCCS(=O)(=O)c1ccc(NC(C)c2ccccc2)cc1. The van der Waals surface area contributed by atoms with E-state index in [1.807, 2.05) is 37.3 Å². The van der Waals surface area contributed by atoms with E-state index in [1.54, 1.807) is 12.1 Å². The topological polar surface area (TPSA) is 46.2 Å². The molecule has 0 aliphatic heterocycles. The van der Waals surface area contributed by atoms with Crippen molar-refractivity contribution in [1.29, 1.82) is 0 Å². The van der Waals surface area contributed by atoms with E-state index < -0.39 is 9.84 Å². The molecule has 1 unspecified atom stereocenters. The molecule has 0 saturated carbocycles. The van der Waals surface area contributed by atoms with Gasteiger partial charge in [-0.05, 0) is 43.2 Å². The van der Waals surface area contributed by atoms with E-state index in [0.29, 0.717) is 11.3 Å². The first-order valence-electron chi connectivity index (χ1n) is 7.17. The minimum atomic E-state index is -3.14. The molecule has 0 radical (unpaired) electrons. The Balaban J connectivity index is 2.10. The Labute approximate surface area is 126 Å². The summed E-state index contributed by atoms with van der Waals surface area (Å²) in [5.74, 6) is 0.195. The molecule has 0 spiro atoms. The van der Waals surface area contributed by atoms with Crippen molar-refractivity contribution in [2.45, 2.75) is 31.2 Å². The van der Waals surface area contributed by atoms with Gasteiger partial charge in [-0.25, -0.2) is 8.42 Å². The second-order valence-corrected chi connectivity index (χ2v) is 7.23. The molecule has 0 aliphatic rings. The first-order valence-corrected chi connectivity index (χ1v) is 8.82. The maximum Gasteiger partial charge on any atom is 0.178 e. The molecule has 0 heterocycles. The Bertz CT molecular complexity index is 664. The highest BCUT2D eigenvalue weighted by Crippen LogP contribution is 2.21. The van der Waals surface area contributed by atoms with Crippen LogP contribution >= 0.6 is 0 Å². The highest BCUT2D eigenvalue weighted by molar-refractivity contribution is 7.91. The molecule has 1 N–H and O–H groups in total. The maximum atomic E-state index is 12.0. The lowest BCUT2D eigenvalue weighted by atomic mass is 10.1. The number of benzene rings is 2. The fourth-order valence-electron chi connectivity index (χ4n) is 2.22. The van der Waals surface area contributed by atoms with Crippen LogP contribution in [0.15, 0.2) is 59.5 Å². The van der Waals surface area contributed by atoms with Crippen LogP contribution in [0.5, 0.6) is 0 Å². The predicted octanol–water partition coefficient (Wildman–Crippen LogP) is 4.04. The van der Waals surface area contributed by atoms with Crippen molar-refractivity contribution >= 4 is 15.5 Å². The normalized spacial score (nSPS) is 12.9. The van der Waals surface area contributed by atoms with Gasteiger partial charge in [-0.2, -0.15) is 0 Å². The molecule has 0 saturated heterocycles. The van der Waals surface area contributed by atoms with Gasteiger partial charge in [-0.15, -0.1) is 0 Å². The number of anilines is 1. The van der Waals surface area contributed by atoms with E-state index in [0.717, 1.165) is 5.69 Å². The Hall–Kier alpha value is -1.81. The van der Waals surface area contributed by atoms with E-state index in [2.05, 4.69) is 24.4 Å². The number of hydrogen-bond acceptors (Lipinski definition) is 3. The lowest BCUT2D eigenvalue weighted by Gasteiger charge is -2.16. The molecule has 1 atom stereocenters. The molecule has 2 aromatic carbocycles. The van der Waals surface area contributed by atoms with Crippen LogP contribution in [0.2, 0.25) is 0 Å². The Morgan fingerprint density at radius 1 is 1.00 bits per heavy atom. The first kappa shape index (κ1) is 15.6. The van der Waals surface area contributed by atoms with Crippen LogP contribution in [0.4, 0.5) is 5.69 Å². The van der Waals surface area contributed by atoms with Crippen LogP contribution in [0.25, 0.3) is 0 Å². The standard InChI is InChI=1S/C17H21NO2S/c1-3-13-21(19,20)17-11-9-16(10-12-17)18-14(2)15-7-5-4-6-8-15/h4-12,14,18H,3,13H2,1-2H3. The van der Waals surface area contributed by atoms with Gasteiger partial charge in [-0.1, -0.05) is 37.3 Å². The van der Waals surface area contributed by atoms with Gasteiger partial charge >= 0.3 is 0 Å². The van der Waals surface area contributed by atoms with E-state index >= 15 is 0 Å². The largest absolute Gasteiger partial charge is 0.379 e. The van der Waals surface area contributed by atoms with Gasteiger partial charge in [0, 0.05) is 11.7 Å². The molecule has 0 fully saturated rings. The molecule has 0 amide bonds. The highest BCUT2D eigenvalue weighted by atomic mass is 32.2. The summed E-state index contributed by atoms with van der Waals surface area (Å²) < 4.78 is 23.9. The van der Waals surface area contributed by atoms with Gasteiger partial charge in [-0.3, -0.25) is 0 Å². The van der Waals surface area contributed by atoms with Crippen LogP contribution in [0, 0.1) is 0 Å². The molecule has 112 valence electrons. The summed E-state index contributed by atoms with van der Waals surface area (Å²) in [7, 11) is -3.14. The summed E-state index contributed by atoms with van der Waals surface area (Å²) in [5, 5.41) is 3.37. The summed E-state index contributed by atoms with van der Waals surface area (Å²) in [6.07, 6.45) is 0.632. The van der Waals surface area contributed by atoms with Crippen molar-refractivity contribution in [1.82, 2.24) is 0 Å². The number of nitrogens with one attached hydrogen (secondary N) is 1. The van der Waals surface area contributed by atoms with Gasteiger partial charge in [0.1, 0.15) is 0 Å². The van der Waals surface area contributed by atoms with E-state index in [9.17, 15) is 8.42 Å². The van der Waals surface area contributed by atoms with Crippen molar-refractivity contribution < 1.29 is 8.42 Å². The van der Waals surface area contributed by atoms with Crippen LogP contribution in [0.1, 0.15) is 31.9 Å². The predicted molar refractivity (Wildman–Crippen MR) is 87.3 cm³/mol. The second-order valence-electron chi connectivity index (χ2n) is 5.12. The molecular weight excluding hydrogens is 282 g/mol. The van der Waals surface area contributed by atoms with Crippen LogP contribution in [-0.4, -0.2) is 14.2 Å². The van der Waals surface area contributed by atoms with E-state index in [4.69, 9.17) is 0 Å². The van der Waals surface area contributed by atoms with Crippen molar-refractivity contribution in [3.63, 3.8) is 0 Å². The lowest BCUT2D eigenvalue weighted by Crippen LogP contribution is -2.08. The first-order chi connectivity index (χ1) is 10.0. The maximum absolute atomic E-state index is 12.0. The lowest BCUT2D eigenvalue weighted by molar-refractivity contribution is 0.595. The molecule has 2 rings (SSSR count). The number of sulfone groups is 1. The smallest absolute Gasteiger partial charge is 0.178 e. The molecule has 3 nitrogen and oxygen atoms in total. The average Bonchev–Trinajstić information content (AvgIpc) is 2.48. The minimum Gasteiger partial charge on any atom is -0.379 e. The zero-order chi connectivity index (χ0) is 15.3. The third-order valence-corrected chi connectivity index (χ3v) is 5.31. The molecule has 4 heteroatoms. The molecular formula is C17H21NO2S. The van der Waals surface area contributed by atoms with Crippen LogP contribution in [-0.2, 0) is 9.84 Å². The van der Waals surface area contributed by atoms with Crippen molar-refractivity contribution in [3.8, 4) is 0 Å². The number of rotatable bonds is 6. The van der Waals surface area contributed by atoms with Gasteiger partial charge in [0.15, 0.2) is 9.84 Å². The Morgan fingerprint density at radius 3 is 2.19 bits per heavy atom. The summed E-state index contributed by atoms with van der Waals surface area (Å²) in [4.78, 5) is 0.391. The van der Waals surface area contributed by atoms with Crippen LogP contribution < -0.4 is 5.32 Å². The molecule has 0 bridgehead atoms. The van der Waals surface area contributed by atoms with E-state index in [-0.39, 0.29) is 11.8 Å². The zero-order valence-corrected chi connectivity index (χ0v) is 13.2. The van der Waals surface area contributed by atoms with Crippen molar-refractivity contribution in [2.24, 2.45) is 0 Å². The summed E-state index contributed by atoms with van der Waals surface area (Å²) in [5.41, 5.74) is 2.11. The zero-order valence-electron chi connectivity index (χ0n) is 12.4. The van der Waals surface area contributed by atoms with Crippen LogP contribution in [0.3, 0.4) is 0 Å². The average molecular weight is 303 g/mol. The molecule has 21 heavy (non-hydrogen) atoms. The molecule has 0 aromatic heterocycles. The Kier molecular flexibility index (Phi) is 5.02. The quantitative estimate of drug-likeness (QED) is 0.876. The second kappa shape index (κ2) is 6.76. The highest BCUT2D eigenvalue weighted by Gasteiger charge is 2.13. The van der Waals surface area contributed by atoms with E-state index in [1.165, 1.54) is 5.56 Å². The fourth-order valence-corrected chi connectivity index (χ4v) is 3.54. The van der Waals surface area contributed by atoms with Gasteiger partial charge < -0.3 is 5.32 Å². The summed E-state index contributed by atoms with van der Waals surface area (Å²) >= 11 is 0. The Morgan fingerprint density at radius 2 is 1.62 bits per heavy atom. The summed E-state index contributed by atoms with van der Waals surface area (Å²) in [6.45, 7) is 3.95. The van der Waals surface area contributed by atoms with Crippen molar-refractivity contribution in [2.75, 3.05) is 11.1 Å². The monoisotopic (exact) mass is 303 g/mol. The molecule has 2 aromatic rings. The third-order valence-electron chi connectivity index (χ3n) is 3.37. The number of hydrogen-bond donors (Lipinski definition) is 1. The van der Waals surface area contributed by atoms with Gasteiger partial charge in [0.05, 0.1) is 10.6 Å².